The molecule has 9 heteroatoms. The van der Waals surface area contributed by atoms with Gasteiger partial charge in [0.1, 0.15) is 13.2 Å². The monoisotopic (exact) mass is 1360 g/mol. The number of phosphoric ester groups is 1. The quantitative estimate of drug-likeness (QED) is 0.0243. The summed E-state index contributed by atoms with van der Waals surface area (Å²) in [6, 6.07) is -0.847. The summed E-state index contributed by atoms with van der Waals surface area (Å²) in [4.78, 5) is 23.5. The molecule has 0 rings (SSSR count). The molecule has 0 heterocycles. The average molecular weight is 1360 g/mol. The number of allylic oxidation sites excluding steroid dienone is 5. The van der Waals surface area contributed by atoms with E-state index >= 15 is 0 Å². The molecule has 564 valence electrons. The zero-order valence-electron chi connectivity index (χ0n) is 65.0. The molecule has 0 aliphatic heterocycles. The van der Waals surface area contributed by atoms with Gasteiger partial charge < -0.3 is 19.8 Å². The number of aliphatic hydroxyl groups excluding tert-OH is 1. The van der Waals surface area contributed by atoms with Crippen LogP contribution in [-0.2, 0) is 18.4 Å². The Morgan fingerprint density at radius 3 is 0.863 bits per heavy atom. The Bertz CT molecular complexity index is 1650. The highest BCUT2D eigenvalue weighted by Gasteiger charge is 2.28. The number of likely N-dealkylation sites (N-methyl/N-ethyl adjacent to an activating group) is 1. The Hall–Kier alpha value is -1.28. The number of aliphatic hydroxyl groups is 1. The summed E-state index contributed by atoms with van der Waals surface area (Å²) < 4.78 is 23.9. The molecule has 3 N–H and O–H groups in total. The van der Waals surface area contributed by atoms with Crippen molar-refractivity contribution < 1.29 is 32.9 Å². The van der Waals surface area contributed by atoms with E-state index in [9.17, 15) is 19.4 Å². The van der Waals surface area contributed by atoms with E-state index in [2.05, 4.69) is 43.5 Å². The van der Waals surface area contributed by atoms with Crippen molar-refractivity contribution in [2.75, 3.05) is 40.9 Å². The van der Waals surface area contributed by atoms with Crippen LogP contribution < -0.4 is 5.32 Å². The van der Waals surface area contributed by atoms with E-state index in [-0.39, 0.29) is 19.1 Å². The number of amides is 1. The predicted octanol–water partition coefficient (Wildman–Crippen LogP) is 28.3. The van der Waals surface area contributed by atoms with Crippen LogP contribution in [0, 0.1) is 0 Å². The van der Waals surface area contributed by atoms with E-state index in [0.29, 0.717) is 17.4 Å². The molecule has 8 nitrogen and oxygen atoms in total. The van der Waals surface area contributed by atoms with Gasteiger partial charge in [-0.1, -0.05) is 436 Å². The molecule has 0 fully saturated rings. The van der Waals surface area contributed by atoms with Crippen molar-refractivity contribution in [2.24, 2.45) is 0 Å². The number of nitrogens with zero attached hydrogens (tertiary/aromatic N) is 1. The van der Waals surface area contributed by atoms with E-state index in [1.165, 1.54) is 398 Å². The fourth-order valence-corrected chi connectivity index (χ4v) is 14.2. The highest BCUT2D eigenvalue weighted by atomic mass is 31.2. The molecule has 95 heavy (non-hydrogen) atoms. The lowest BCUT2D eigenvalue weighted by Crippen LogP contribution is -2.45. The molecule has 0 aliphatic carbocycles. The smallest absolute Gasteiger partial charge is 0.387 e. The third-order valence-corrected chi connectivity index (χ3v) is 21.1. The third-order valence-electron chi connectivity index (χ3n) is 20.1. The van der Waals surface area contributed by atoms with E-state index < -0.39 is 20.0 Å². The van der Waals surface area contributed by atoms with Gasteiger partial charge in [0.05, 0.1) is 39.9 Å². The lowest BCUT2D eigenvalue weighted by atomic mass is 10.0. The Labute approximate surface area is 595 Å². The Morgan fingerprint density at radius 2 is 0.600 bits per heavy atom. The van der Waals surface area contributed by atoms with Crippen LogP contribution in [0.1, 0.15) is 457 Å². The first-order chi connectivity index (χ1) is 46.5. The Morgan fingerprint density at radius 1 is 0.358 bits per heavy atom. The maximum atomic E-state index is 13.1. The molecule has 0 saturated carbocycles. The minimum absolute atomic E-state index is 0.0646. The molecule has 0 saturated heterocycles. The summed E-state index contributed by atoms with van der Waals surface area (Å²) in [5.74, 6) is -0.166. The fourth-order valence-electron chi connectivity index (χ4n) is 13.5. The topological polar surface area (TPSA) is 105 Å². The van der Waals surface area contributed by atoms with Gasteiger partial charge >= 0.3 is 7.82 Å². The van der Waals surface area contributed by atoms with Gasteiger partial charge in [0.25, 0.3) is 0 Å². The minimum Gasteiger partial charge on any atom is -0.387 e. The van der Waals surface area contributed by atoms with E-state index in [1.54, 1.807) is 6.08 Å². The normalized spacial score (nSPS) is 13.5. The number of phosphoric acid groups is 1. The molecular formula is C86H170N2O6P+. The number of carbonyl (C=O) groups excluding carboxylic acids is 1. The molecule has 3 unspecified atom stereocenters. The van der Waals surface area contributed by atoms with Gasteiger partial charge in [-0.05, 0) is 51.4 Å². The lowest BCUT2D eigenvalue weighted by molar-refractivity contribution is -0.870. The van der Waals surface area contributed by atoms with Crippen molar-refractivity contribution in [3.8, 4) is 0 Å². The molecule has 0 aromatic carbocycles. The van der Waals surface area contributed by atoms with Gasteiger partial charge in [-0.2, -0.15) is 0 Å². The van der Waals surface area contributed by atoms with Crippen molar-refractivity contribution in [2.45, 2.75) is 469 Å². The predicted molar refractivity (Wildman–Crippen MR) is 420 cm³/mol. The maximum Gasteiger partial charge on any atom is 0.472 e. The van der Waals surface area contributed by atoms with Crippen LogP contribution in [0.15, 0.2) is 36.5 Å². The number of nitrogens with one attached hydrogen (secondary N) is 1. The molecule has 3 atom stereocenters. The number of hydrogen-bond donors (Lipinski definition) is 3. The van der Waals surface area contributed by atoms with Crippen molar-refractivity contribution in [3.63, 3.8) is 0 Å². The molecule has 0 aromatic heterocycles. The van der Waals surface area contributed by atoms with Crippen LogP contribution in [0.25, 0.3) is 0 Å². The summed E-state index contributed by atoms with van der Waals surface area (Å²) in [6.07, 6.45) is 105. The number of hydrogen-bond acceptors (Lipinski definition) is 5. The van der Waals surface area contributed by atoms with Gasteiger partial charge in [-0.25, -0.2) is 4.57 Å². The van der Waals surface area contributed by atoms with E-state index in [4.69, 9.17) is 9.05 Å². The summed E-state index contributed by atoms with van der Waals surface area (Å²) in [6.45, 7) is 4.88. The van der Waals surface area contributed by atoms with Crippen molar-refractivity contribution in [1.29, 1.82) is 0 Å². The van der Waals surface area contributed by atoms with Crippen LogP contribution in [0.3, 0.4) is 0 Å². The van der Waals surface area contributed by atoms with Gasteiger partial charge in [0.15, 0.2) is 0 Å². The highest BCUT2D eigenvalue weighted by molar-refractivity contribution is 7.47. The first kappa shape index (κ1) is 93.7. The van der Waals surface area contributed by atoms with Gasteiger partial charge in [0.2, 0.25) is 5.91 Å². The van der Waals surface area contributed by atoms with Crippen molar-refractivity contribution in [1.82, 2.24) is 5.32 Å². The molecule has 0 spiro atoms. The highest BCUT2D eigenvalue weighted by Crippen LogP contribution is 2.43. The van der Waals surface area contributed by atoms with Gasteiger partial charge in [0, 0.05) is 6.42 Å². The summed E-state index contributed by atoms with van der Waals surface area (Å²) in [7, 11) is 1.60. The van der Waals surface area contributed by atoms with Crippen LogP contribution in [0.5, 0.6) is 0 Å². The summed E-state index contributed by atoms with van der Waals surface area (Å²) >= 11 is 0. The van der Waals surface area contributed by atoms with E-state index in [1.807, 2.05) is 27.2 Å². The first-order valence-corrected chi connectivity index (χ1v) is 44.4. The molecule has 0 aromatic rings. The summed E-state index contributed by atoms with van der Waals surface area (Å²) in [5, 5.41) is 14.1. The van der Waals surface area contributed by atoms with Crippen LogP contribution >= 0.6 is 7.82 Å². The second-order valence-corrected chi connectivity index (χ2v) is 32.4. The van der Waals surface area contributed by atoms with Crippen LogP contribution in [-0.4, -0.2) is 73.4 Å². The molecule has 0 aliphatic rings. The Kier molecular flexibility index (Phi) is 75.9. The van der Waals surface area contributed by atoms with Gasteiger partial charge in [-0.3, -0.25) is 13.8 Å². The van der Waals surface area contributed by atoms with E-state index in [0.717, 1.165) is 38.5 Å². The number of rotatable bonds is 81. The minimum atomic E-state index is -4.36. The largest absolute Gasteiger partial charge is 0.472 e. The number of quaternary nitrogens is 1. The lowest BCUT2D eigenvalue weighted by Gasteiger charge is -2.25. The number of carbonyl (C=O) groups is 1. The zero-order chi connectivity index (χ0) is 69.0. The number of unbranched alkanes of at least 4 members (excludes halogenated alkanes) is 64. The maximum absolute atomic E-state index is 13.1. The summed E-state index contributed by atoms with van der Waals surface area (Å²) in [5.41, 5.74) is 0. The molecule has 1 amide bonds. The molecule has 0 radical (unpaired) electrons. The standard InChI is InChI=1S/C86H169N2O6P/c1-6-8-10-12-14-16-18-20-22-24-26-28-30-32-34-36-38-40-41-42-43-44-45-46-47-48-50-52-54-56-58-60-62-64-66-68-70-72-74-76-78-80-86(90)87-84(83-94-95(91,92)93-82-81-88(3,4)5)85(89)79-77-75-73-71-69-67-65-63-61-59-57-55-53-51-49-39-37-35-33-31-29-27-25-23-21-19-17-15-13-11-9-7-2/h18,20,24,26,77,79,84-85,89H,6-17,19,21-23,25,27-76,78,80-83H2,1-5H3,(H-,87,90,91,92)/p+1/b20-18-,26-24-,79-77+. The van der Waals surface area contributed by atoms with Crippen molar-refractivity contribution >= 4 is 13.7 Å². The second kappa shape index (κ2) is 76.9. The van der Waals surface area contributed by atoms with Crippen molar-refractivity contribution in [3.05, 3.63) is 36.5 Å². The first-order valence-electron chi connectivity index (χ1n) is 42.9. The molecular weight excluding hydrogens is 1190 g/mol. The SMILES string of the molecule is CCCCCCC/C=C\C/C=C\CCCCCCCCCCCCCCCCCCCCCCCCCCCCCCCC(=O)NC(COP(=O)(O)OCC[N+](C)(C)C)C(O)/C=C/CCCCCCCCCCCCCCCCCCCCCCCCCCCCCCCC. The van der Waals surface area contributed by atoms with Crippen LogP contribution in [0.2, 0.25) is 0 Å². The molecule has 0 bridgehead atoms. The second-order valence-electron chi connectivity index (χ2n) is 30.9. The van der Waals surface area contributed by atoms with Crippen LogP contribution in [0.4, 0.5) is 0 Å². The zero-order valence-corrected chi connectivity index (χ0v) is 65.8. The third kappa shape index (κ3) is 79.9. The fraction of sp³-hybridized carbons (Fsp3) is 0.919. The Balaban J connectivity index is 3.88. The van der Waals surface area contributed by atoms with Gasteiger partial charge in [-0.15, -0.1) is 0 Å². The average Bonchev–Trinajstić information content (AvgIpc) is 2.01.